The molecule has 3 aliphatic rings. The lowest BCUT2D eigenvalue weighted by Crippen LogP contribution is -2.42. The Hall–Kier alpha value is -0.810. The predicted molar refractivity (Wildman–Crippen MR) is 96.1 cm³/mol. The van der Waals surface area contributed by atoms with Gasteiger partial charge in [0.2, 0.25) is 0 Å². The van der Waals surface area contributed by atoms with Gasteiger partial charge >= 0.3 is 6.09 Å². The van der Waals surface area contributed by atoms with Gasteiger partial charge in [-0.1, -0.05) is 0 Å². The molecule has 2 saturated carbocycles. The molecule has 0 bridgehead atoms. The summed E-state index contributed by atoms with van der Waals surface area (Å²) in [5.74, 6) is 1.74. The van der Waals surface area contributed by atoms with E-state index in [1.807, 2.05) is 25.7 Å². The van der Waals surface area contributed by atoms with Crippen molar-refractivity contribution >= 4 is 6.09 Å². The van der Waals surface area contributed by atoms with Gasteiger partial charge in [-0.05, 0) is 84.3 Å². The molecule has 1 amide bonds. The summed E-state index contributed by atoms with van der Waals surface area (Å²) in [4.78, 5) is 16.9. The van der Waals surface area contributed by atoms with Crippen molar-refractivity contribution in [3.05, 3.63) is 0 Å². The molecule has 2 aliphatic carbocycles. The second-order valence-corrected chi connectivity index (χ2v) is 8.96. The van der Waals surface area contributed by atoms with Crippen LogP contribution in [0.1, 0.15) is 52.9 Å². The van der Waals surface area contributed by atoms with E-state index in [0.717, 1.165) is 44.3 Å². The second-order valence-electron chi connectivity index (χ2n) is 8.96. The number of hydrogen-bond acceptors (Lipinski definition) is 4. The SMILES string of the molecule is CC(C)(C)OC(=O)N(CCN1CCC(CNCC2CC2)C1)C1CC1. The molecule has 0 aromatic rings. The van der Waals surface area contributed by atoms with Crippen molar-refractivity contribution in [2.24, 2.45) is 11.8 Å². The summed E-state index contributed by atoms with van der Waals surface area (Å²) in [5.41, 5.74) is -0.407. The third-order valence-corrected chi connectivity index (χ3v) is 5.21. The largest absolute Gasteiger partial charge is 0.444 e. The van der Waals surface area contributed by atoms with Gasteiger partial charge in [-0.2, -0.15) is 0 Å². The minimum Gasteiger partial charge on any atom is -0.444 e. The van der Waals surface area contributed by atoms with Gasteiger partial charge in [0.15, 0.2) is 0 Å². The maximum Gasteiger partial charge on any atom is 0.410 e. The maximum absolute atomic E-state index is 12.4. The summed E-state index contributed by atoms with van der Waals surface area (Å²) in [6, 6.07) is 0.415. The molecule has 0 aromatic heterocycles. The zero-order valence-corrected chi connectivity index (χ0v) is 15.7. The van der Waals surface area contributed by atoms with Gasteiger partial charge in [0, 0.05) is 25.7 Å². The van der Waals surface area contributed by atoms with Crippen LogP contribution >= 0.6 is 0 Å². The number of nitrogens with zero attached hydrogens (tertiary/aromatic N) is 2. The van der Waals surface area contributed by atoms with E-state index in [1.165, 1.54) is 38.9 Å². The number of nitrogens with one attached hydrogen (secondary N) is 1. The van der Waals surface area contributed by atoms with Crippen molar-refractivity contribution in [1.29, 1.82) is 0 Å². The Kier molecular flexibility index (Phi) is 5.70. The average molecular weight is 338 g/mol. The van der Waals surface area contributed by atoms with E-state index in [2.05, 4.69) is 10.2 Å². The van der Waals surface area contributed by atoms with E-state index < -0.39 is 5.60 Å². The lowest BCUT2D eigenvalue weighted by molar-refractivity contribution is 0.0219. The van der Waals surface area contributed by atoms with Crippen LogP contribution in [0.25, 0.3) is 0 Å². The molecule has 1 unspecified atom stereocenters. The molecule has 24 heavy (non-hydrogen) atoms. The zero-order chi connectivity index (χ0) is 17.2. The highest BCUT2D eigenvalue weighted by Gasteiger charge is 2.35. The Balaban J connectivity index is 1.36. The Morgan fingerprint density at radius 2 is 1.83 bits per heavy atom. The van der Waals surface area contributed by atoms with Gasteiger partial charge in [0.25, 0.3) is 0 Å². The smallest absolute Gasteiger partial charge is 0.410 e. The third kappa shape index (κ3) is 5.92. The van der Waals surface area contributed by atoms with Gasteiger partial charge in [-0.15, -0.1) is 0 Å². The van der Waals surface area contributed by atoms with Crippen LogP contribution in [0, 0.1) is 11.8 Å². The second kappa shape index (κ2) is 7.61. The van der Waals surface area contributed by atoms with E-state index >= 15 is 0 Å². The predicted octanol–water partition coefficient (Wildman–Crippen LogP) is 2.71. The average Bonchev–Trinajstić information content (AvgIpc) is 3.38. The number of amides is 1. The summed E-state index contributed by atoms with van der Waals surface area (Å²) < 4.78 is 5.58. The minimum atomic E-state index is -0.407. The van der Waals surface area contributed by atoms with E-state index in [9.17, 15) is 4.79 Å². The first-order valence-corrected chi connectivity index (χ1v) is 9.83. The summed E-state index contributed by atoms with van der Waals surface area (Å²) >= 11 is 0. The van der Waals surface area contributed by atoms with Crippen molar-refractivity contribution in [1.82, 2.24) is 15.1 Å². The number of carbonyl (C=O) groups is 1. The quantitative estimate of drug-likeness (QED) is 0.740. The van der Waals surface area contributed by atoms with E-state index in [0.29, 0.717) is 6.04 Å². The fourth-order valence-electron chi connectivity index (χ4n) is 3.47. The van der Waals surface area contributed by atoms with Crippen LogP contribution in [0.3, 0.4) is 0 Å². The molecule has 138 valence electrons. The van der Waals surface area contributed by atoms with Crippen LogP contribution in [0.4, 0.5) is 4.79 Å². The molecule has 0 spiro atoms. The number of ether oxygens (including phenoxy) is 1. The molecule has 1 saturated heterocycles. The van der Waals surface area contributed by atoms with Crippen molar-refractivity contribution in [3.8, 4) is 0 Å². The number of hydrogen-bond donors (Lipinski definition) is 1. The molecule has 3 rings (SSSR count). The van der Waals surface area contributed by atoms with E-state index in [-0.39, 0.29) is 6.09 Å². The lowest BCUT2D eigenvalue weighted by Gasteiger charge is -2.29. The van der Waals surface area contributed by atoms with Crippen LogP contribution in [-0.4, -0.2) is 66.8 Å². The van der Waals surface area contributed by atoms with Gasteiger partial charge in [0.05, 0.1) is 0 Å². The molecular weight excluding hydrogens is 302 g/mol. The normalized spacial score (nSPS) is 25.0. The molecule has 1 atom stereocenters. The minimum absolute atomic E-state index is 0.133. The van der Waals surface area contributed by atoms with Gasteiger partial charge in [-0.25, -0.2) is 4.79 Å². The van der Waals surface area contributed by atoms with Crippen LogP contribution in [-0.2, 0) is 4.74 Å². The highest BCUT2D eigenvalue weighted by atomic mass is 16.6. The molecule has 0 aromatic carbocycles. The molecule has 1 N–H and O–H groups in total. The maximum atomic E-state index is 12.4. The highest BCUT2D eigenvalue weighted by molar-refractivity contribution is 5.69. The Bertz CT molecular complexity index is 427. The first kappa shape index (κ1) is 18.0. The number of carbonyl (C=O) groups excluding carboxylic acids is 1. The number of likely N-dealkylation sites (tertiary alicyclic amines) is 1. The van der Waals surface area contributed by atoms with Crippen LogP contribution in [0.15, 0.2) is 0 Å². The Morgan fingerprint density at radius 3 is 2.46 bits per heavy atom. The van der Waals surface area contributed by atoms with Crippen molar-refractivity contribution in [2.75, 3.05) is 39.3 Å². The summed E-state index contributed by atoms with van der Waals surface area (Å²) in [7, 11) is 0. The van der Waals surface area contributed by atoms with Crippen LogP contribution in [0.5, 0.6) is 0 Å². The molecule has 1 heterocycles. The summed E-state index contributed by atoms with van der Waals surface area (Å²) in [5, 5.41) is 3.64. The molecule has 5 heteroatoms. The van der Waals surface area contributed by atoms with E-state index in [1.54, 1.807) is 0 Å². The topological polar surface area (TPSA) is 44.8 Å². The molecule has 3 fully saturated rings. The molecule has 1 aliphatic heterocycles. The lowest BCUT2D eigenvalue weighted by atomic mass is 10.1. The monoisotopic (exact) mass is 337 g/mol. The fourth-order valence-corrected chi connectivity index (χ4v) is 3.47. The van der Waals surface area contributed by atoms with Crippen molar-refractivity contribution in [2.45, 2.75) is 64.5 Å². The number of rotatable bonds is 8. The van der Waals surface area contributed by atoms with Crippen LogP contribution < -0.4 is 5.32 Å². The van der Waals surface area contributed by atoms with Gasteiger partial charge < -0.3 is 19.9 Å². The van der Waals surface area contributed by atoms with Gasteiger partial charge in [-0.3, -0.25) is 0 Å². The summed E-state index contributed by atoms with van der Waals surface area (Å²) in [6.07, 6.45) is 6.26. The highest BCUT2D eigenvalue weighted by Crippen LogP contribution is 2.29. The Morgan fingerprint density at radius 1 is 1.12 bits per heavy atom. The first-order valence-electron chi connectivity index (χ1n) is 9.83. The molecule has 0 radical (unpaired) electrons. The Labute approximate surface area is 147 Å². The van der Waals surface area contributed by atoms with Crippen LogP contribution in [0.2, 0.25) is 0 Å². The van der Waals surface area contributed by atoms with E-state index in [4.69, 9.17) is 4.74 Å². The third-order valence-electron chi connectivity index (χ3n) is 5.21. The zero-order valence-electron chi connectivity index (χ0n) is 15.7. The van der Waals surface area contributed by atoms with Crippen molar-refractivity contribution < 1.29 is 9.53 Å². The fraction of sp³-hybridized carbons (Fsp3) is 0.947. The molecule has 5 nitrogen and oxygen atoms in total. The first-order chi connectivity index (χ1) is 11.4. The molecular formula is C19H35N3O2. The summed E-state index contributed by atoms with van der Waals surface area (Å²) in [6.45, 7) is 12.3. The van der Waals surface area contributed by atoms with Crippen molar-refractivity contribution in [3.63, 3.8) is 0 Å². The standard InChI is InChI=1S/C19H35N3O2/c1-19(2,3)24-18(23)22(17-6-7-17)11-10-21-9-8-16(14-21)13-20-12-15-4-5-15/h15-17,20H,4-14H2,1-3H3. The van der Waals surface area contributed by atoms with Gasteiger partial charge in [0.1, 0.15) is 5.60 Å².